The van der Waals surface area contributed by atoms with Crippen LogP contribution in [-0.4, -0.2) is 16.6 Å². The molecule has 0 radical (unpaired) electrons. The van der Waals surface area contributed by atoms with E-state index in [9.17, 15) is 0 Å². The molecule has 0 aliphatic heterocycles. The molecule has 0 spiro atoms. The molecule has 3 nitrogen and oxygen atoms in total. The van der Waals surface area contributed by atoms with E-state index in [-0.39, 0.29) is 0 Å². The van der Waals surface area contributed by atoms with Crippen LogP contribution in [0.4, 0.5) is 0 Å². The Morgan fingerprint density at radius 3 is 2.38 bits per heavy atom. The van der Waals surface area contributed by atoms with Crippen molar-refractivity contribution >= 4 is 23.2 Å². The molecule has 0 unspecified atom stereocenters. The van der Waals surface area contributed by atoms with E-state index >= 15 is 0 Å². The van der Waals surface area contributed by atoms with Crippen LogP contribution in [0.5, 0.6) is 5.75 Å². The Labute approximate surface area is 135 Å². The highest BCUT2D eigenvalue weighted by atomic mass is 35.5. The average Bonchev–Trinajstić information content (AvgIpc) is 2.49. The van der Waals surface area contributed by atoms with Gasteiger partial charge in [0, 0.05) is 11.1 Å². The van der Waals surface area contributed by atoms with Crippen molar-refractivity contribution in [3.05, 3.63) is 40.1 Å². The lowest BCUT2D eigenvalue weighted by atomic mass is 10.1. The molecule has 112 valence electrons. The summed E-state index contributed by atoms with van der Waals surface area (Å²) in [6.45, 7) is 4.81. The molecule has 1 heterocycles. The van der Waals surface area contributed by atoms with Crippen molar-refractivity contribution in [2.45, 2.75) is 33.1 Å². The van der Waals surface area contributed by atoms with Crippen LogP contribution >= 0.6 is 23.2 Å². The number of hydrogen-bond acceptors (Lipinski definition) is 3. The lowest BCUT2D eigenvalue weighted by Crippen LogP contribution is -1.98. The third-order valence-corrected chi connectivity index (χ3v) is 3.60. The molecular formula is C16H18Cl2N2O. The van der Waals surface area contributed by atoms with E-state index in [1.807, 2.05) is 24.3 Å². The molecule has 0 fully saturated rings. The van der Waals surface area contributed by atoms with E-state index in [0.29, 0.717) is 22.7 Å². The van der Waals surface area contributed by atoms with E-state index in [1.54, 1.807) is 0 Å². The number of aromatic nitrogens is 2. The molecule has 2 aromatic rings. The molecule has 2 rings (SSSR count). The Balaban J connectivity index is 2.33. The summed E-state index contributed by atoms with van der Waals surface area (Å²) < 4.78 is 5.62. The SMILES string of the molecule is CCCOc1cccc(-c2nc(Cl)c(CCC)c(Cl)n2)c1. The molecule has 0 aliphatic rings. The molecule has 0 saturated carbocycles. The predicted octanol–water partition coefficient (Wildman–Crippen LogP) is 5.19. The molecule has 21 heavy (non-hydrogen) atoms. The van der Waals surface area contributed by atoms with Crippen LogP contribution in [0.15, 0.2) is 24.3 Å². The summed E-state index contributed by atoms with van der Waals surface area (Å²) in [5, 5.41) is 0.846. The number of rotatable bonds is 6. The van der Waals surface area contributed by atoms with Gasteiger partial charge in [-0.3, -0.25) is 0 Å². The zero-order chi connectivity index (χ0) is 15.2. The van der Waals surface area contributed by atoms with E-state index in [1.165, 1.54) is 0 Å². The Morgan fingerprint density at radius 2 is 1.76 bits per heavy atom. The molecule has 0 N–H and O–H groups in total. The maximum atomic E-state index is 6.22. The summed E-state index contributed by atoms with van der Waals surface area (Å²) in [5.74, 6) is 1.31. The summed E-state index contributed by atoms with van der Waals surface area (Å²) in [5.41, 5.74) is 1.65. The summed E-state index contributed by atoms with van der Waals surface area (Å²) in [6.07, 6.45) is 2.68. The van der Waals surface area contributed by atoms with Crippen molar-refractivity contribution in [3.8, 4) is 17.1 Å². The molecule has 1 aromatic heterocycles. The Morgan fingerprint density at radius 1 is 1.05 bits per heavy atom. The number of halogens is 2. The van der Waals surface area contributed by atoms with Crippen LogP contribution in [0.1, 0.15) is 32.3 Å². The molecule has 0 saturated heterocycles. The van der Waals surface area contributed by atoms with Crippen LogP contribution in [0, 0.1) is 0 Å². The van der Waals surface area contributed by atoms with Crippen molar-refractivity contribution in [1.29, 1.82) is 0 Å². The highest BCUT2D eigenvalue weighted by Crippen LogP contribution is 2.28. The average molecular weight is 325 g/mol. The predicted molar refractivity (Wildman–Crippen MR) is 87.3 cm³/mol. The maximum absolute atomic E-state index is 6.22. The van der Waals surface area contributed by atoms with Gasteiger partial charge in [-0.2, -0.15) is 0 Å². The molecular weight excluding hydrogens is 307 g/mol. The topological polar surface area (TPSA) is 35.0 Å². The monoisotopic (exact) mass is 324 g/mol. The fourth-order valence-electron chi connectivity index (χ4n) is 1.96. The summed E-state index contributed by atoms with van der Waals surface area (Å²) in [7, 11) is 0. The van der Waals surface area contributed by atoms with Gasteiger partial charge in [0.05, 0.1) is 6.61 Å². The molecule has 0 amide bonds. The summed E-state index contributed by atoms with van der Waals surface area (Å²) in [6, 6.07) is 7.64. The molecule has 1 aromatic carbocycles. The van der Waals surface area contributed by atoms with Crippen LogP contribution in [-0.2, 0) is 6.42 Å². The minimum atomic E-state index is 0.423. The number of ether oxygens (including phenoxy) is 1. The standard InChI is InChI=1S/C16H18Cl2N2O/c1-3-6-13-14(17)19-16(20-15(13)18)11-7-5-8-12(10-11)21-9-4-2/h5,7-8,10H,3-4,6,9H2,1-2H3. The van der Waals surface area contributed by atoms with Gasteiger partial charge in [0.1, 0.15) is 16.1 Å². The van der Waals surface area contributed by atoms with E-state index < -0.39 is 0 Å². The van der Waals surface area contributed by atoms with Gasteiger partial charge in [0.25, 0.3) is 0 Å². The first-order valence-corrected chi connectivity index (χ1v) is 7.86. The lowest BCUT2D eigenvalue weighted by Gasteiger charge is -2.09. The van der Waals surface area contributed by atoms with Gasteiger partial charge < -0.3 is 4.74 Å². The Bertz CT molecular complexity index is 594. The van der Waals surface area contributed by atoms with Gasteiger partial charge in [-0.1, -0.05) is 55.6 Å². The zero-order valence-corrected chi connectivity index (χ0v) is 13.7. The smallest absolute Gasteiger partial charge is 0.162 e. The first-order chi connectivity index (χ1) is 10.2. The number of nitrogens with zero attached hydrogens (tertiary/aromatic N) is 2. The highest BCUT2D eigenvalue weighted by molar-refractivity contribution is 6.34. The second-order valence-electron chi connectivity index (χ2n) is 4.73. The highest BCUT2D eigenvalue weighted by Gasteiger charge is 2.12. The van der Waals surface area contributed by atoms with E-state index in [0.717, 1.165) is 36.1 Å². The van der Waals surface area contributed by atoms with Crippen LogP contribution in [0.3, 0.4) is 0 Å². The van der Waals surface area contributed by atoms with E-state index in [4.69, 9.17) is 27.9 Å². The van der Waals surface area contributed by atoms with Crippen molar-refractivity contribution in [1.82, 2.24) is 9.97 Å². The van der Waals surface area contributed by atoms with Crippen LogP contribution < -0.4 is 4.74 Å². The molecule has 0 atom stereocenters. The first-order valence-electron chi connectivity index (χ1n) is 7.10. The number of hydrogen-bond donors (Lipinski definition) is 0. The zero-order valence-electron chi connectivity index (χ0n) is 12.2. The molecule has 5 heteroatoms. The van der Waals surface area contributed by atoms with Crippen molar-refractivity contribution in [2.24, 2.45) is 0 Å². The van der Waals surface area contributed by atoms with Gasteiger partial charge in [0.15, 0.2) is 5.82 Å². The lowest BCUT2D eigenvalue weighted by molar-refractivity contribution is 0.317. The maximum Gasteiger partial charge on any atom is 0.162 e. The second-order valence-corrected chi connectivity index (χ2v) is 5.45. The molecule has 0 bridgehead atoms. The van der Waals surface area contributed by atoms with Gasteiger partial charge in [-0.25, -0.2) is 9.97 Å². The fourth-order valence-corrected chi connectivity index (χ4v) is 2.54. The Hall–Kier alpha value is -1.32. The normalized spacial score (nSPS) is 10.7. The second kappa shape index (κ2) is 7.62. The minimum Gasteiger partial charge on any atom is -0.494 e. The quantitative estimate of drug-likeness (QED) is 0.685. The largest absolute Gasteiger partial charge is 0.494 e. The van der Waals surface area contributed by atoms with Gasteiger partial charge >= 0.3 is 0 Å². The van der Waals surface area contributed by atoms with Gasteiger partial charge in [-0.05, 0) is 25.0 Å². The van der Waals surface area contributed by atoms with Crippen molar-refractivity contribution in [2.75, 3.05) is 6.61 Å². The minimum absolute atomic E-state index is 0.423. The van der Waals surface area contributed by atoms with Crippen LogP contribution in [0.25, 0.3) is 11.4 Å². The third kappa shape index (κ3) is 4.08. The van der Waals surface area contributed by atoms with Crippen molar-refractivity contribution in [3.63, 3.8) is 0 Å². The van der Waals surface area contributed by atoms with Gasteiger partial charge in [-0.15, -0.1) is 0 Å². The van der Waals surface area contributed by atoms with Gasteiger partial charge in [0.2, 0.25) is 0 Å². The summed E-state index contributed by atoms with van der Waals surface area (Å²) >= 11 is 12.4. The van der Waals surface area contributed by atoms with E-state index in [2.05, 4.69) is 23.8 Å². The molecule has 0 aliphatic carbocycles. The van der Waals surface area contributed by atoms with Crippen molar-refractivity contribution < 1.29 is 4.74 Å². The Kier molecular flexibility index (Phi) is 5.83. The number of benzene rings is 1. The summed E-state index contributed by atoms with van der Waals surface area (Å²) in [4.78, 5) is 8.72. The van der Waals surface area contributed by atoms with Crippen LogP contribution in [0.2, 0.25) is 10.3 Å². The first kappa shape index (κ1) is 16.1. The third-order valence-electron chi connectivity index (χ3n) is 2.97. The fraction of sp³-hybridized carbons (Fsp3) is 0.375.